The predicted octanol–water partition coefficient (Wildman–Crippen LogP) is 22.1. The van der Waals surface area contributed by atoms with Crippen LogP contribution in [-0.4, -0.2) is 96.7 Å². The number of carbonyl (C=O) groups is 4. The number of phosphoric ester groups is 2. The Balaban J connectivity index is 5.31. The van der Waals surface area contributed by atoms with Gasteiger partial charge in [0.1, 0.15) is 19.3 Å². The number of phosphoric acid groups is 2. The summed E-state index contributed by atoms with van der Waals surface area (Å²) in [6, 6.07) is 0. The molecule has 5 atom stereocenters. The minimum atomic E-state index is -4.97. The van der Waals surface area contributed by atoms with Crippen LogP contribution in [0.1, 0.15) is 362 Å². The first-order valence-electron chi connectivity index (χ1n) is 38.9. The number of hydrogen-bond donors (Lipinski definition) is 3. The molecule has 0 bridgehead atoms. The lowest BCUT2D eigenvalue weighted by Gasteiger charge is -2.21. The maximum atomic E-state index is 13.1. The quantitative estimate of drug-likeness (QED) is 0.0169. The van der Waals surface area contributed by atoms with Crippen molar-refractivity contribution < 1.29 is 80.2 Å². The van der Waals surface area contributed by atoms with Crippen molar-refractivity contribution in [2.75, 3.05) is 39.6 Å². The Morgan fingerprint density at radius 2 is 0.500 bits per heavy atom. The van der Waals surface area contributed by atoms with E-state index in [2.05, 4.69) is 76.3 Å². The molecular weight excluding hydrogens is 1260 g/mol. The van der Waals surface area contributed by atoms with Crippen LogP contribution in [0.4, 0.5) is 0 Å². The summed E-state index contributed by atoms with van der Waals surface area (Å²) in [7, 11) is -9.93. The van der Waals surface area contributed by atoms with E-state index >= 15 is 0 Å². The zero-order valence-electron chi connectivity index (χ0n) is 61.3. The van der Waals surface area contributed by atoms with Gasteiger partial charge in [-0.05, 0) is 77.0 Å². The molecule has 0 saturated heterocycles. The van der Waals surface area contributed by atoms with Gasteiger partial charge >= 0.3 is 39.5 Å². The van der Waals surface area contributed by atoms with Crippen LogP contribution in [0.3, 0.4) is 0 Å². The third kappa shape index (κ3) is 69.5. The lowest BCUT2D eigenvalue weighted by molar-refractivity contribution is -0.161. The first-order valence-corrected chi connectivity index (χ1v) is 41.9. The van der Waals surface area contributed by atoms with Gasteiger partial charge in [-0.15, -0.1) is 0 Å². The predicted molar refractivity (Wildman–Crippen MR) is 390 cm³/mol. The number of aliphatic hydroxyl groups excluding tert-OH is 1. The van der Waals surface area contributed by atoms with Crippen molar-refractivity contribution in [1.29, 1.82) is 0 Å². The Morgan fingerprint density at radius 3 is 0.760 bits per heavy atom. The second kappa shape index (κ2) is 70.5. The van der Waals surface area contributed by atoms with Crippen LogP contribution in [-0.2, 0) is 65.4 Å². The summed E-state index contributed by atoms with van der Waals surface area (Å²) in [5.74, 6) is -2.17. The van der Waals surface area contributed by atoms with Gasteiger partial charge in [-0.3, -0.25) is 37.3 Å². The molecule has 19 heteroatoms. The number of unbranched alkanes of at least 4 members (excludes halogenated alkanes) is 42. The Labute approximate surface area is 585 Å². The summed E-state index contributed by atoms with van der Waals surface area (Å²) in [6.07, 6.45) is 66.7. The number of hydrogen-bond acceptors (Lipinski definition) is 15. The molecule has 0 aliphatic rings. The van der Waals surface area contributed by atoms with Crippen LogP contribution in [0.2, 0.25) is 0 Å². The van der Waals surface area contributed by atoms with E-state index in [0.717, 1.165) is 122 Å². The van der Waals surface area contributed by atoms with Crippen molar-refractivity contribution >= 4 is 39.5 Å². The molecule has 0 amide bonds. The maximum Gasteiger partial charge on any atom is 0.472 e. The molecule has 17 nitrogen and oxygen atoms in total. The molecule has 0 saturated carbocycles. The zero-order valence-corrected chi connectivity index (χ0v) is 63.1. The average Bonchev–Trinajstić information content (AvgIpc) is 1.34. The molecule has 0 aromatic heterocycles. The van der Waals surface area contributed by atoms with Crippen molar-refractivity contribution in [3.8, 4) is 0 Å². The van der Waals surface area contributed by atoms with Gasteiger partial charge in [-0.25, -0.2) is 9.13 Å². The van der Waals surface area contributed by atoms with Crippen LogP contribution >= 0.6 is 15.6 Å². The van der Waals surface area contributed by atoms with E-state index in [0.29, 0.717) is 25.7 Å². The molecule has 0 aliphatic heterocycles. The fourth-order valence-electron chi connectivity index (χ4n) is 10.9. The number of ether oxygens (including phenoxy) is 4. The molecule has 0 spiro atoms. The number of rotatable bonds is 74. The van der Waals surface area contributed by atoms with Crippen molar-refractivity contribution in [3.63, 3.8) is 0 Å². The monoisotopic (exact) mass is 1400 g/mol. The second-order valence-corrected chi connectivity index (χ2v) is 29.3. The first kappa shape index (κ1) is 93.0. The molecule has 3 N–H and O–H groups in total. The normalized spacial score (nSPS) is 14.2. The van der Waals surface area contributed by atoms with E-state index < -0.39 is 97.5 Å². The van der Waals surface area contributed by atoms with Gasteiger partial charge in [-0.2, -0.15) is 0 Å². The van der Waals surface area contributed by atoms with Crippen LogP contribution in [0.25, 0.3) is 0 Å². The van der Waals surface area contributed by atoms with Gasteiger partial charge < -0.3 is 33.8 Å². The fraction of sp³-hybridized carbons (Fsp3) is 0.844. The van der Waals surface area contributed by atoms with Gasteiger partial charge in [0, 0.05) is 25.7 Å². The summed E-state index contributed by atoms with van der Waals surface area (Å²) in [4.78, 5) is 72.8. The summed E-state index contributed by atoms with van der Waals surface area (Å²) in [6.45, 7) is 4.86. The average molecular weight is 1400 g/mol. The van der Waals surface area contributed by atoms with E-state index in [9.17, 15) is 43.2 Å². The van der Waals surface area contributed by atoms with Gasteiger partial charge in [0.2, 0.25) is 0 Å². The molecule has 0 aromatic rings. The van der Waals surface area contributed by atoms with Gasteiger partial charge in [0.25, 0.3) is 0 Å². The second-order valence-electron chi connectivity index (χ2n) is 26.4. The lowest BCUT2D eigenvalue weighted by atomic mass is 10.0. The highest BCUT2D eigenvalue weighted by Crippen LogP contribution is 2.45. The van der Waals surface area contributed by atoms with E-state index in [1.807, 2.05) is 0 Å². The van der Waals surface area contributed by atoms with E-state index in [1.54, 1.807) is 0 Å². The molecule has 0 rings (SSSR count). The molecule has 2 unspecified atom stereocenters. The minimum absolute atomic E-state index is 0.0832. The highest BCUT2D eigenvalue weighted by atomic mass is 31.2. The van der Waals surface area contributed by atoms with Crippen LogP contribution in [0, 0.1) is 0 Å². The van der Waals surface area contributed by atoms with E-state index in [1.165, 1.54) is 161 Å². The van der Waals surface area contributed by atoms with Crippen LogP contribution in [0.5, 0.6) is 0 Å². The van der Waals surface area contributed by atoms with Gasteiger partial charge in [-0.1, -0.05) is 307 Å². The summed E-state index contributed by atoms with van der Waals surface area (Å²) in [5.41, 5.74) is 0. The third-order valence-corrected chi connectivity index (χ3v) is 18.8. The molecule has 0 heterocycles. The van der Waals surface area contributed by atoms with Crippen molar-refractivity contribution in [1.82, 2.24) is 0 Å². The highest BCUT2D eigenvalue weighted by molar-refractivity contribution is 7.47. The Hall–Kier alpha value is -2.98. The van der Waals surface area contributed by atoms with Gasteiger partial charge in [0.15, 0.2) is 12.2 Å². The maximum absolute atomic E-state index is 13.1. The molecule has 0 fully saturated rings. The number of esters is 4. The number of aliphatic hydroxyl groups is 1. The number of carbonyl (C=O) groups excluding carboxylic acids is 4. The summed E-state index contributed by atoms with van der Waals surface area (Å²) >= 11 is 0. The zero-order chi connectivity index (χ0) is 70.4. The first-order chi connectivity index (χ1) is 46.7. The highest BCUT2D eigenvalue weighted by Gasteiger charge is 2.30. The fourth-order valence-corrected chi connectivity index (χ4v) is 12.4. The number of allylic oxidation sites excluding steroid dienone is 8. The third-order valence-electron chi connectivity index (χ3n) is 16.9. The Kier molecular flexibility index (Phi) is 68.3. The molecule has 0 radical (unpaired) electrons. The minimum Gasteiger partial charge on any atom is -0.462 e. The largest absolute Gasteiger partial charge is 0.472 e. The molecule has 0 aliphatic carbocycles. The van der Waals surface area contributed by atoms with Crippen molar-refractivity contribution in [2.24, 2.45) is 0 Å². The Morgan fingerprint density at radius 1 is 0.292 bits per heavy atom. The molecular formula is C77H142O17P2. The topological polar surface area (TPSA) is 237 Å². The van der Waals surface area contributed by atoms with Crippen molar-refractivity contribution in [2.45, 2.75) is 380 Å². The molecule has 562 valence electrons. The van der Waals surface area contributed by atoms with Crippen LogP contribution < -0.4 is 0 Å². The Bertz CT molecular complexity index is 2010. The van der Waals surface area contributed by atoms with E-state index in [-0.39, 0.29) is 25.7 Å². The standard InChI is InChI=1S/C77H142O17P2/c1-5-9-13-17-21-25-29-32-35-38-41-44-48-52-56-60-64-77(82)94-73(68-88-75(80)62-58-54-50-46-42-39-36-33-30-26-22-18-14-10-6-2)70-92-96(85,86)90-66-71(78)65-89-95(83,84)91-69-72(67-87-74(79)61-57-53-49-45-28-24-20-16-12-8-4)93-76(81)63-59-55-51-47-43-40-37-34-31-27-23-19-15-11-7-3/h26-27,30-31,33-34,36-37,71-73,78H,5-25,28-29,32,35,38-70H2,1-4H3,(H,83,84)(H,85,86)/b30-26-,31-27-,36-33-,37-34-/t71-,72+,73+/m0/s1. The SMILES string of the molecule is CCCCCC/C=C\C=C/CCCCCCCC(=O)OC[C@H](COP(=O)(O)OC[C@@H](O)COP(=O)(O)OC[C@@H](COC(=O)CCCCCCCCCCCC)OC(=O)CCCCCCC/C=C\C=C/CCCCCC)OC(=O)CCCCCCCCCCCCCCCCCC. The van der Waals surface area contributed by atoms with Crippen LogP contribution in [0.15, 0.2) is 48.6 Å². The summed E-state index contributed by atoms with van der Waals surface area (Å²) in [5, 5.41) is 10.6. The van der Waals surface area contributed by atoms with E-state index in [4.69, 9.17) is 37.0 Å². The lowest BCUT2D eigenvalue weighted by Crippen LogP contribution is -2.30. The smallest absolute Gasteiger partial charge is 0.462 e. The van der Waals surface area contributed by atoms with Gasteiger partial charge in [0.05, 0.1) is 26.4 Å². The molecule has 0 aromatic carbocycles. The summed E-state index contributed by atoms with van der Waals surface area (Å²) < 4.78 is 68.5. The van der Waals surface area contributed by atoms with Crippen molar-refractivity contribution in [3.05, 3.63) is 48.6 Å². The molecule has 96 heavy (non-hydrogen) atoms.